The highest BCUT2D eigenvalue weighted by Crippen LogP contribution is 2.24. The molecule has 0 saturated heterocycles. The average Bonchev–Trinajstić information content (AvgIpc) is 2.55. The first-order chi connectivity index (χ1) is 11.8. The number of halogens is 2. The molecular formula is C17H18Cl2N2O3S. The third-order valence-corrected chi connectivity index (χ3v) is 6.22. The zero-order chi connectivity index (χ0) is 18.6. The fourth-order valence-corrected chi connectivity index (χ4v) is 4.19. The molecule has 1 amide bonds. The van der Waals surface area contributed by atoms with Gasteiger partial charge >= 0.3 is 0 Å². The van der Waals surface area contributed by atoms with Gasteiger partial charge in [-0.25, -0.2) is 8.42 Å². The maximum absolute atomic E-state index is 12.6. The molecule has 5 nitrogen and oxygen atoms in total. The van der Waals surface area contributed by atoms with Crippen molar-refractivity contribution in [1.82, 2.24) is 4.31 Å². The number of rotatable bonds is 6. The van der Waals surface area contributed by atoms with Gasteiger partial charge < -0.3 is 5.32 Å². The Bertz CT molecular complexity index is 881. The Morgan fingerprint density at radius 2 is 1.76 bits per heavy atom. The molecule has 0 atom stereocenters. The third kappa shape index (κ3) is 4.52. The second kappa shape index (κ2) is 8.19. The molecule has 0 unspecified atom stereocenters. The summed E-state index contributed by atoms with van der Waals surface area (Å²) in [5.41, 5.74) is 0.570. The monoisotopic (exact) mass is 400 g/mol. The lowest BCUT2D eigenvalue weighted by atomic mass is 10.2. The molecule has 0 heterocycles. The Morgan fingerprint density at radius 3 is 2.36 bits per heavy atom. The van der Waals surface area contributed by atoms with Gasteiger partial charge in [-0.15, -0.1) is 0 Å². The predicted octanol–water partition coefficient (Wildman–Crippen LogP) is 4.28. The Labute approximate surface area is 157 Å². The number of nitrogens with one attached hydrogen (secondary N) is 1. The van der Waals surface area contributed by atoms with Gasteiger partial charge in [-0.1, -0.05) is 43.1 Å². The second-order valence-electron chi connectivity index (χ2n) is 5.20. The van der Waals surface area contributed by atoms with Crippen molar-refractivity contribution in [3.63, 3.8) is 0 Å². The van der Waals surface area contributed by atoms with Crippen LogP contribution in [0.2, 0.25) is 10.0 Å². The highest BCUT2D eigenvalue weighted by molar-refractivity contribution is 7.89. The van der Waals surface area contributed by atoms with E-state index in [0.717, 1.165) is 0 Å². The van der Waals surface area contributed by atoms with Crippen molar-refractivity contribution < 1.29 is 13.2 Å². The number of carbonyl (C=O) groups is 1. The molecule has 8 heteroatoms. The lowest BCUT2D eigenvalue weighted by molar-refractivity contribution is 0.102. The zero-order valence-corrected chi connectivity index (χ0v) is 16.1. The normalized spacial score (nSPS) is 11.6. The molecule has 0 aromatic heterocycles. The fraction of sp³-hybridized carbons (Fsp3) is 0.235. The fourth-order valence-electron chi connectivity index (χ4n) is 2.32. The summed E-state index contributed by atoms with van der Waals surface area (Å²) in [5.74, 6) is -0.510. The topological polar surface area (TPSA) is 66.5 Å². The van der Waals surface area contributed by atoms with Crippen LogP contribution in [0.15, 0.2) is 47.4 Å². The Morgan fingerprint density at radius 1 is 1.08 bits per heavy atom. The van der Waals surface area contributed by atoms with Crippen LogP contribution in [0.4, 0.5) is 5.69 Å². The summed E-state index contributed by atoms with van der Waals surface area (Å²) in [6, 6.07) is 10.7. The number of hydrogen-bond acceptors (Lipinski definition) is 3. The van der Waals surface area contributed by atoms with Crippen molar-refractivity contribution in [2.24, 2.45) is 0 Å². The second-order valence-corrected chi connectivity index (χ2v) is 7.98. The van der Waals surface area contributed by atoms with E-state index >= 15 is 0 Å². The van der Waals surface area contributed by atoms with Crippen LogP contribution in [0.3, 0.4) is 0 Å². The molecule has 0 radical (unpaired) electrons. The molecule has 0 aliphatic carbocycles. The van der Waals surface area contributed by atoms with Gasteiger partial charge in [0.1, 0.15) is 0 Å². The smallest absolute Gasteiger partial charge is 0.257 e. The number of benzene rings is 2. The van der Waals surface area contributed by atoms with Crippen molar-refractivity contribution in [1.29, 1.82) is 0 Å². The van der Waals surface area contributed by atoms with Crippen molar-refractivity contribution in [3.8, 4) is 0 Å². The van der Waals surface area contributed by atoms with Gasteiger partial charge in [-0.2, -0.15) is 4.31 Å². The van der Waals surface area contributed by atoms with Crippen LogP contribution in [0, 0.1) is 0 Å². The van der Waals surface area contributed by atoms with Crippen molar-refractivity contribution in [3.05, 3.63) is 58.1 Å². The molecule has 2 aromatic rings. The van der Waals surface area contributed by atoms with Crippen molar-refractivity contribution >= 4 is 44.8 Å². The Hall–Kier alpha value is -1.60. The quantitative estimate of drug-likeness (QED) is 0.786. The van der Waals surface area contributed by atoms with Crippen LogP contribution in [0.1, 0.15) is 24.2 Å². The Balaban J connectivity index is 2.37. The number of nitrogens with zero attached hydrogens (tertiary/aromatic N) is 1. The molecule has 0 fully saturated rings. The van der Waals surface area contributed by atoms with Crippen LogP contribution < -0.4 is 5.32 Å². The summed E-state index contributed by atoms with van der Waals surface area (Å²) in [6.45, 7) is 4.18. The van der Waals surface area contributed by atoms with Crippen LogP contribution in [0.5, 0.6) is 0 Å². The summed E-state index contributed by atoms with van der Waals surface area (Å²) in [6.07, 6.45) is 0. The van der Waals surface area contributed by atoms with E-state index in [9.17, 15) is 13.2 Å². The molecule has 25 heavy (non-hydrogen) atoms. The van der Waals surface area contributed by atoms with Gasteiger partial charge in [0.25, 0.3) is 5.91 Å². The van der Waals surface area contributed by atoms with Crippen molar-refractivity contribution in [2.45, 2.75) is 18.7 Å². The van der Waals surface area contributed by atoms with Gasteiger partial charge in [0.15, 0.2) is 0 Å². The largest absolute Gasteiger partial charge is 0.322 e. The molecule has 1 N–H and O–H groups in total. The van der Waals surface area contributed by atoms with E-state index in [1.807, 2.05) is 0 Å². The predicted molar refractivity (Wildman–Crippen MR) is 101 cm³/mol. The lowest BCUT2D eigenvalue weighted by Crippen LogP contribution is -2.30. The van der Waals surface area contributed by atoms with E-state index in [4.69, 9.17) is 23.2 Å². The standard InChI is InChI=1S/C17H18Cl2N2O3S/c1-3-21(4-2)25(23,24)14-8-9-16(19)15(11-14)17(22)20-13-7-5-6-12(18)10-13/h5-11H,3-4H2,1-2H3,(H,20,22). The van der Waals surface area contributed by atoms with E-state index in [1.165, 1.54) is 22.5 Å². The minimum absolute atomic E-state index is 0.0249. The minimum Gasteiger partial charge on any atom is -0.322 e. The molecule has 0 saturated carbocycles. The van der Waals surface area contributed by atoms with Crippen LogP contribution in [0.25, 0.3) is 0 Å². The van der Waals surface area contributed by atoms with Gasteiger partial charge in [0.2, 0.25) is 10.0 Å². The molecule has 2 rings (SSSR count). The van der Waals surface area contributed by atoms with E-state index in [-0.39, 0.29) is 15.5 Å². The highest BCUT2D eigenvalue weighted by atomic mass is 35.5. The third-order valence-electron chi connectivity index (χ3n) is 3.61. The summed E-state index contributed by atoms with van der Waals surface area (Å²) < 4.78 is 26.5. The average molecular weight is 401 g/mol. The van der Waals surface area contributed by atoms with Gasteiger partial charge in [-0.05, 0) is 36.4 Å². The molecule has 0 bridgehead atoms. The molecule has 0 aliphatic rings. The molecule has 0 spiro atoms. The SMILES string of the molecule is CCN(CC)S(=O)(=O)c1ccc(Cl)c(C(=O)Nc2cccc(Cl)c2)c1. The maximum Gasteiger partial charge on any atom is 0.257 e. The molecule has 134 valence electrons. The number of sulfonamides is 1. The number of hydrogen-bond donors (Lipinski definition) is 1. The first-order valence-corrected chi connectivity index (χ1v) is 9.85. The van der Waals surface area contributed by atoms with E-state index < -0.39 is 15.9 Å². The number of carbonyl (C=O) groups excluding carboxylic acids is 1. The van der Waals surface area contributed by atoms with Crippen LogP contribution in [-0.4, -0.2) is 31.7 Å². The summed E-state index contributed by atoms with van der Waals surface area (Å²) in [7, 11) is -3.68. The van der Waals surface area contributed by atoms with Crippen molar-refractivity contribution in [2.75, 3.05) is 18.4 Å². The van der Waals surface area contributed by atoms with E-state index in [2.05, 4.69) is 5.32 Å². The first-order valence-electron chi connectivity index (χ1n) is 7.66. The maximum atomic E-state index is 12.6. The zero-order valence-electron chi connectivity index (χ0n) is 13.8. The van der Waals surface area contributed by atoms with Gasteiger partial charge in [0.05, 0.1) is 15.5 Å². The van der Waals surface area contributed by atoms with E-state index in [1.54, 1.807) is 38.1 Å². The van der Waals surface area contributed by atoms with Gasteiger partial charge in [0, 0.05) is 23.8 Å². The lowest BCUT2D eigenvalue weighted by Gasteiger charge is -2.19. The molecular weight excluding hydrogens is 383 g/mol. The number of amides is 1. The summed E-state index contributed by atoms with van der Waals surface area (Å²) in [5, 5.41) is 3.30. The minimum atomic E-state index is -3.68. The number of anilines is 1. The first kappa shape index (κ1) is 19.7. The Kier molecular flexibility index (Phi) is 6.46. The summed E-state index contributed by atoms with van der Waals surface area (Å²) >= 11 is 12.0. The molecule has 0 aliphatic heterocycles. The summed E-state index contributed by atoms with van der Waals surface area (Å²) in [4.78, 5) is 12.5. The molecule has 2 aromatic carbocycles. The van der Waals surface area contributed by atoms with Crippen LogP contribution in [-0.2, 0) is 10.0 Å². The van der Waals surface area contributed by atoms with E-state index in [0.29, 0.717) is 23.8 Å². The highest BCUT2D eigenvalue weighted by Gasteiger charge is 2.23. The van der Waals surface area contributed by atoms with Gasteiger partial charge in [-0.3, -0.25) is 4.79 Å². The van der Waals surface area contributed by atoms with Crippen LogP contribution >= 0.6 is 23.2 Å².